The first-order valence-corrected chi connectivity index (χ1v) is 12.6. The first-order chi connectivity index (χ1) is 19.5. The van der Waals surface area contributed by atoms with Crippen LogP contribution in [-0.2, 0) is 16.1 Å². The van der Waals surface area contributed by atoms with Crippen molar-refractivity contribution >= 4 is 17.5 Å². The predicted molar refractivity (Wildman–Crippen MR) is 147 cm³/mol. The van der Waals surface area contributed by atoms with Gasteiger partial charge in [-0.15, -0.1) is 10.2 Å². The zero-order valence-electron chi connectivity index (χ0n) is 23.3. The van der Waals surface area contributed by atoms with Crippen LogP contribution in [0.3, 0.4) is 0 Å². The van der Waals surface area contributed by atoms with E-state index < -0.39 is 41.6 Å². The van der Waals surface area contributed by atoms with Crippen LogP contribution in [0.2, 0.25) is 0 Å². The van der Waals surface area contributed by atoms with E-state index in [1.54, 1.807) is 39.0 Å². The molecule has 214 valence electrons. The molecule has 0 aliphatic carbocycles. The molecule has 1 N–H and O–H groups in total. The highest BCUT2D eigenvalue weighted by atomic mass is 19.1. The van der Waals surface area contributed by atoms with Crippen molar-refractivity contribution in [3.05, 3.63) is 83.9 Å². The highest BCUT2D eigenvalue weighted by molar-refractivity contribution is 6.01. The zero-order chi connectivity index (χ0) is 29.7. The molecule has 4 aromatic rings. The standard InChI is InChI=1S/C29H30F2N6O4/c1-29(2,3)32-28(39)26(18-9-12-20(30)13-10-18)37(22-8-6-7-21(31)16-22)25(38)17-36-34-27(33-35-36)19-11-14-23(40-4)24(15-19)41-5/h6-16,26H,17H2,1-5H3,(H,32,39)/t26-/m1/s1. The van der Waals surface area contributed by atoms with Crippen molar-refractivity contribution in [2.45, 2.75) is 38.9 Å². The lowest BCUT2D eigenvalue weighted by Gasteiger charge is -2.33. The molecule has 1 atom stereocenters. The quantitative estimate of drug-likeness (QED) is 0.322. The van der Waals surface area contributed by atoms with Crippen molar-refractivity contribution in [3.63, 3.8) is 0 Å². The number of nitrogens with zero attached hydrogens (tertiary/aromatic N) is 5. The number of nitrogens with one attached hydrogen (secondary N) is 1. The maximum Gasteiger partial charge on any atom is 0.251 e. The molecule has 1 heterocycles. The number of methoxy groups -OCH3 is 2. The largest absolute Gasteiger partial charge is 0.493 e. The number of hydrogen-bond donors (Lipinski definition) is 1. The zero-order valence-corrected chi connectivity index (χ0v) is 23.3. The van der Waals surface area contributed by atoms with Gasteiger partial charge in [0.1, 0.15) is 24.2 Å². The van der Waals surface area contributed by atoms with E-state index in [0.29, 0.717) is 22.6 Å². The van der Waals surface area contributed by atoms with E-state index >= 15 is 0 Å². The van der Waals surface area contributed by atoms with E-state index in [9.17, 15) is 18.4 Å². The molecular weight excluding hydrogens is 534 g/mol. The molecule has 12 heteroatoms. The molecule has 0 saturated carbocycles. The number of tetrazole rings is 1. The number of anilines is 1. The summed E-state index contributed by atoms with van der Waals surface area (Å²) in [4.78, 5) is 29.8. The van der Waals surface area contributed by atoms with E-state index in [-0.39, 0.29) is 11.5 Å². The molecule has 0 bridgehead atoms. The van der Waals surface area contributed by atoms with E-state index in [1.807, 2.05) is 0 Å². The Morgan fingerprint density at radius 2 is 1.66 bits per heavy atom. The highest BCUT2D eigenvalue weighted by Gasteiger charge is 2.35. The summed E-state index contributed by atoms with van der Waals surface area (Å²) >= 11 is 0. The van der Waals surface area contributed by atoms with Crippen LogP contribution in [0, 0.1) is 11.6 Å². The van der Waals surface area contributed by atoms with Crippen molar-refractivity contribution < 1.29 is 27.8 Å². The topological polar surface area (TPSA) is 111 Å². The smallest absolute Gasteiger partial charge is 0.251 e. The monoisotopic (exact) mass is 564 g/mol. The number of amides is 2. The Morgan fingerprint density at radius 1 is 0.951 bits per heavy atom. The third-order valence-electron chi connectivity index (χ3n) is 5.92. The Labute approximate surface area is 235 Å². The van der Waals surface area contributed by atoms with Crippen LogP contribution < -0.4 is 19.7 Å². The molecule has 0 fully saturated rings. The summed E-state index contributed by atoms with van der Waals surface area (Å²) in [6, 6.07) is 14.3. The summed E-state index contributed by atoms with van der Waals surface area (Å²) in [6.07, 6.45) is 0. The van der Waals surface area contributed by atoms with Crippen molar-refractivity contribution in [2.24, 2.45) is 0 Å². The lowest BCUT2D eigenvalue weighted by atomic mass is 10.0. The van der Waals surface area contributed by atoms with Crippen LogP contribution >= 0.6 is 0 Å². The average Bonchev–Trinajstić information content (AvgIpc) is 3.39. The van der Waals surface area contributed by atoms with Gasteiger partial charge in [0.25, 0.3) is 5.91 Å². The first-order valence-electron chi connectivity index (χ1n) is 12.6. The summed E-state index contributed by atoms with van der Waals surface area (Å²) in [5, 5.41) is 15.2. The summed E-state index contributed by atoms with van der Waals surface area (Å²) in [7, 11) is 3.02. The molecule has 0 saturated heterocycles. The predicted octanol–water partition coefficient (Wildman–Crippen LogP) is 4.32. The second-order valence-electron chi connectivity index (χ2n) is 10.2. The number of benzene rings is 3. The molecule has 0 aliphatic rings. The average molecular weight is 565 g/mol. The Bertz CT molecular complexity index is 1540. The summed E-state index contributed by atoms with van der Waals surface area (Å²) in [6.45, 7) is 4.93. The lowest BCUT2D eigenvalue weighted by molar-refractivity contribution is -0.128. The third kappa shape index (κ3) is 7.02. The van der Waals surface area contributed by atoms with E-state index in [0.717, 1.165) is 15.8 Å². The first kappa shape index (κ1) is 29.1. The van der Waals surface area contributed by atoms with Gasteiger partial charge in [-0.2, -0.15) is 4.80 Å². The molecule has 0 unspecified atom stereocenters. The second kappa shape index (κ2) is 12.1. The van der Waals surface area contributed by atoms with Crippen LogP contribution in [0.25, 0.3) is 11.4 Å². The Hall–Kier alpha value is -4.87. The lowest BCUT2D eigenvalue weighted by Crippen LogP contribution is -2.50. The molecule has 1 aromatic heterocycles. The minimum atomic E-state index is -1.27. The van der Waals surface area contributed by atoms with Crippen molar-refractivity contribution in [2.75, 3.05) is 19.1 Å². The molecule has 0 aliphatic heterocycles. The van der Waals surface area contributed by atoms with Gasteiger partial charge in [-0.3, -0.25) is 14.5 Å². The molecule has 10 nitrogen and oxygen atoms in total. The van der Waals surface area contributed by atoms with Crippen LogP contribution in [0.1, 0.15) is 32.4 Å². The number of ether oxygens (including phenoxy) is 2. The minimum absolute atomic E-state index is 0.119. The molecule has 0 radical (unpaired) electrons. The number of rotatable bonds is 9. The van der Waals surface area contributed by atoms with Crippen LogP contribution in [0.5, 0.6) is 11.5 Å². The highest BCUT2D eigenvalue weighted by Crippen LogP contribution is 2.32. The number of carbonyl (C=O) groups excluding carboxylic acids is 2. The van der Waals surface area contributed by atoms with Gasteiger partial charge in [-0.05, 0) is 80.1 Å². The van der Waals surface area contributed by atoms with Crippen LogP contribution in [-0.4, -0.2) is 51.8 Å². The van der Waals surface area contributed by atoms with Gasteiger partial charge in [0.2, 0.25) is 11.7 Å². The molecule has 4 rings (SSSR count). The maximum atomic E-state index is 14.4. The van der Waals surface area contributed by atoms with Crippen molar-refractivity contribution in [1.82, 2.24) is 25.5 Å². The van der Waals surface area contributed by atoms with Gasteiger partial charge < -0.3 is 14.8 Å². The van der Waals surface area contributed by atoms with Gasteiger partial charge in [-0.1, -0.05) is 18.2 Å². The summed E-state index contributed by atoms with van der Waals surface area (Å²) in [5.41, 5.74) is 0.349. The van der Waals surface area contributed by atoms with Crippen LogP contribution in [0.4, 0.5) is 14.5 Å². The third-order valence-corrected chi connectivity index (χ3v) is 5.92. The van der Waals surface area contributed by atoms with Gasteiger partial charge in [0.05, 0.1) is 14.2 Å². The Balaban J connectivity index is 1.73. The number of hydrogen-bond acceptors (Lipinski definition) is 7. The van der Waals surface area contributed by atoms with Gasteiger partial charge in [-0.25, -0.2) is 8.78 Å². The van der Waals surface area contributed by atoms with E-state index in [2.05, 4.69) is 20.7 Å². The Kier molecular flexibility index (Phi) is 8.60. The fraction of sp³-hybridized carbons (Fsp3) is 0.276. The Morgan fingerprint density at radius 3 is 2.29 bits per heavy atom. The summed E-state index contributed by atoms with van der Waals surface area (Å²) < 4.78 is 38.8. The number of aromatic nitrogens is 4. The fourth-order valence-corrected chi connectivity index (χ4v) is 4.16. The number of carbonyl (C=O) groups is 2. The minimum Gasteiger partial charge on any atom is -0.493 e. The molecule has 0 spiro atoms. The normalized spacial score (nSPS) is 12.0. The molecule has 2 amide bonds. The fourth-order valence-electron chi connectivity index (χ4n) is 4.16. The molecule has 41 heavy (non-hydrogen) atoms. The SMILES string of the molecule is COc1ccc(-c2nnn(CC(=O)N(c3cccc(F)c3)[C@@H](C(=O)NC(C)(C)C)c3ccc(F)cc3)n2)cc1OC. The van der Waals surface area contributed by atoms with Crippen molar-refractivity contribution in [3.8, 4) is 22.9 Å². The van der Waals surface area contributed by atoms with E-state index in [4.69, 9.17) is 9.47 Å². The number of halogens is 2. The molecule has 3 aromatic carbocycles. The van der Waals surface area contributed by atoms with Crippen LogP contribution in [0.15, 0.2) is 66.7 Å². The maximum absolute atomic E-state index is 14.4. The summed E-state index contributed by atoms with van der Waals surface area (Å²) in [5.74, 6) is -1.10. The van der Waals surface area contributed by atoms with Gasteiger partial charge in [0, 0.05) is 16.8 Å². The molecular formula is C29H30F2N6O4. The second-order valence-corrected chi connectivity index (χ2v) is 10.2. The van der Waals surface area contributed by atoms with E-state index in [1.165, 1.54) is 56.7 Å². The van der Waals surface area contributed by atoms with Crippen molar-refractivity contribution in [1.29, 1.82) is 0 Å². The van der Waals surface area contributed by atoms with Gasteiger partial charge in [0.15, 0.2) is 11.5 Å². The van der Waals surface area contributed by atoms with Gasteiger partial charge >= 0.3 is 0 Å².